The minimum Gasteiger partial charge on any atom is -0.428 e. The molecule has 0 aliphatic heterocycles. The number of nitrogens with zero attached hydrogens (tertiary/aromatic N) is 1. The van der Waals surface area contributed by atoms with Gasteiger partial charge >= 0.3 is 0 Å². The van der Waals surface area contributed by atoms with Crippen molar-refractivity contribution >= 4 is 23.8 Å². The summed E-state index contributed by atoms with van der Waals surface area (Å²) >= 11 is 0. The number of rotatable bonds is 4. The number of pyridine rings is 1. The van der Waals surface area contributed by atoms with Crippen LogP contribution in [0.3, 0.4) is 0 Å². The Morgan fingerprint density at radius 2 is 1.81 bits per heavy atom. The molecule has 0 fully saturated rings. The number of aromatic nitrogens is 1. The second-order valence-corrected chi connectivity index (χ2v) is 2.90. The van der Waals surface area contributed by atoms with Crippen LogP contribution in [0.2, 0.25) is 0 Å². The molecule has 5 heteroatoms. The molecule has 1 aromatic heterocycles. The molecule has 0 saturated heterocycles. The highest BCUT2D eigenvalue weighted by molar-refractivity contribution is 5.86. The summed E-state index contributed by atoms with van der Waals surface area (Å²) in [6, 6.07) is 8.44. The molecule has 0 unspecified atom stereocenters. The van der Waals surface area contributed by atoms with Gasteiger partial charge in [-0.05, 0) is 12.1 Å². The molecule has 2 aromatic rings. The number of fused-ring (bicyclic) bond motifs is 1. The molecule has 1 aromatic carbocycles. The van der Waals surface area contributed by atoms with Crippen molar-refractivity contribution in [3.63, 3.8) is 0 Å². The summed E-state index contributed by atoms with van der Waals surface area (Å²) < 4.78 is 9.40. The van der Waals surface area contributed by atoms with Gasteiger partial charge < -0.3 is 9.47 Å². The standard InChI is InChI=1S/C11H7NO4/c13-6-15-10-5-11(16-7-14)12-9-4-2-1-3-8(9)10/h1-7H. The van der Waals surface area contributed by atoms with Crippen LogP contribution in [0.25, 0.3) is 10.9 Å². The van der Waals surface area contributed by atoms with Crippen LogP contribution < -0.4 is 9.47 Å². The van der Waals surface area contributed by atoms with Crippen molar-refractivity contribution in [1.82, 2.24) is 4.98 Å². The molecule has 0 aliphatic rings. The Balaban J connectivity index is 2.62. The molecule has 0 radical (unpaired) electrons. The molecule has 5 nitrogen and oxygen atoms in total. The summed E-state index contributed by atoms with van der Waals surface area (Å²) in [5.74, 6) is 0.392. The Kier molecular flexibility index (Phi) is 2.77. The average Bonchev–Trinajstić information content (AvgIpc) is 2.30. The zero-order valence-electron chi connectivity index (χ0n) is 8.12. The van der Waals surface area contributed by atoms with E-state index in [1.54, 1.807) is 24.3 Å². The van der Waals surface area contributed by atoms with E-state index in [1.807, 2.05) is 0 Å². The lowest BCUT2D eigenvalue weighted by atomic mass is 10.2. The fourth-order valence-corrected chi connectivity index (χ4v) is 1.38. The van der Waals surface area contributed by atoms with E-state index in [1.165, 1.54) is 6.07 Å². The van der Waals surface area contributed by atoms with Gasteiger partial charge in [0.05, 0.1) is 5.52 Å². The van der Waals surface area contributed by atoms with E-state index < -0.39 is 0 Å². The lowest BCUT2D eigenvalue weighted by molar-refractivity contribution is -0.121. The first-order chi connectivity index (χ1) is 7.85. The highest BCUT2D eigenvalue weighted by atomic mass is 16.5. The fourth-order valence-electron chi connectivity index (χ4n) is 1.38. The van der Waals surface area contributed by atoms with Crippen LogP contribution >= 0.6 is 0 Å². The van der Waals surface area contributed by atoms with Gasteiger partial charge in [0.15, 0.2) is 0 Å². The van der Waals surface area contributed by atoms with Gasteiger partial charge in [-0.1, -0.05) is 12.1 Å². The first kappa shape index (κ1) is 10.1. The van der Waals surface area contributed by atoms with E-state index >= 15 is 0 Å². The Morgan fingerprint density at radius 1 is 1.06 bits per heavy atom. The van der Waals surface area contributed by atoms with Gasteiger partial charge in [0.1, 0.15) is 5.75 Å². The van der Waals surface area contributed by atoms with Crippen LogP contribution in [-0.2, 0) is 9.59 Å². The molecule has 0 atom stereocenters. The maximum Gasteiger partial charge on any atom is 0.299 e. The number of para-hydroxylation sites is 1. The molecule has 16 heavy (non-hydrogen) atoms. The van der Waals surface area contributed by atoms with Crippen molar-refractivity contribution in [2.75, 3.05) is 0 Å². The van der Waals surface area contributed by atoms with Crippen LogP contribution in [0.15, 0.2) is 30.3 Å². The maximum absolute atomic E-state index is 10.3. The quantitative estimate of drug-likeness (QED) is 0.722. The van der Waals surface area contributed by atoms with Gasteiger partial charge in [-0.2, -0.15) is 0 Å². The van der Waals surface area contributed by atoms with Crippen LogP contribution in [-0.4, -0.2) is 17.9 Å². The highest BCUT2D eigenvalue weighted by Gasteiger charge is 2.07. The van der Waals surface area contributed by atoms with Crippen molar-refractivity contribution < 1.29 is 19.1 Å². The summed E-state index contributed by atoms with van der Waals surface area (Å²) in [4.78, 5) is 24.6. The van der Waals surface area contributed by atoms with Gasteiger partial charge in [-0.15, -0.1) is 0 Å². The highest BCUT2D eigenvalue weighted by Crippen LogP contribution is 2.27. The van der Waals surface area contributed by atoms with Gasteiger partial charge in [0.25, 0.3) is 12.9 Å². The summed E-state index contributed by atoms with van der Waals surface area (Å²) in [6.07, 6.45) is 0. The largest absolute Gasteiger partial charge is 0.428 e. The fraction of sp³-hybridized carbons (Fsp3) is 0. The molecule has 2 rings (SSSR count). The van der Waals surface area contributed by atoms with E-state index in [0.29, 0.717) is 23.1 Å². The van der Waals surface area contributed by atoms with Crippen molar-refractivity contribution in [2.45, 2.75) is 0 Å². The molecule has 0 N–H and O–H groups in total. The van der Waals surface area contributed by atoms with Gasteiger partial charge in [-0.25, -0.2) is 4.98 Å². The Bertz CT molecular complexity index is 538. The first-order valence-corrected chi connectivity index (χ1v) is 4.45. The third kappa shape index (κ3) is 1.83. The minimum absolute atomic E-state index is 0.0885. The predicted molar refractivity (Wildman–Crippen MR) is 55.1 cm³/mol. The molecule has 80 valence electrons. The average molecular weight is 217 g/mol. The van der Waals surface area contributed by atoms with Gasteiger partial charge in [0, 0.05) is 11.5 Å². The van der Waals surface area contributed by atoms with E-state index in [-0.39, 0.29) is 12.4 Å². The van der Waals surface area contributed by atoms with Crippen molar-refractivity contribution in [2.24, 2.45) is 0 Å². The monoisotopic (exact) mass is 217 g/mol. The lowest BCUT2D eigenvalue weighted by Gasteiger charge is -2.05. The molecule has 0 saturated carbocycles. The minimum atomic E-state index is 0.0885. The SMILES string of the molecule is O=COc1cc(OC=O)c2ccccc2n1. The lowest BCUT2D eigenvalue weighted by Crippen LogP contribution is -1.96. The predicted octanol–water partition coefficient (Wildman–Crippen LogP) is 1.31. The van der Waals surface area contributed by atoms with Crippen LogP contribution in [0.1, 0.15) is 0 Å². The van der Waals surface area contributed by atoms with Crippen LogP contribution in [0, 0.1) is 0 Å². The Hall–Kier alpha value is -2.43. The Labute approximate surface area is 90.6 Å². The summed E-state index contributed by atoms with van der Waals surface area (Å²) in [6.45, 7) is 0.578. The zero-order chi connectivity index (χ0) is 11.4. The van der Waals surface area contributed by atoms with Gasteiger partial charge in [0.2, 0.25) is 5.88 Å². The third-order valence-corrected chi connectivity index (χ3v) is 2.00. The number of benzene rings is 1. The summed E-state index contributed by atoms with van der Waals surface area (Å²) in [7, 11) is 0. The third-order valence-electron chi connectivity index (χ3n) is 2.00. The molecule has 0 spiro atoms. The van der Waals surface area contributed by atoms with E-state index in [0.717, 1.165) is 0 Å². The van der Waals surface area contributed by atoms with Gasteiger partial charge in [-0.3, -0.25) is 9.59 Å². The van der Waals surface area contributed by atoms with Crippen molar-refractivity contribution in [1.29, 1.82) is 0 Å². The molecular weight excluding hydrogens is 210 g/mol. The summed E-state index contributed by atoms with van der Waals surface area (Å²) in [5, 5.41) is 0.674. The topological polar surface area (TPSA) is 65.5 Å². The number of hydrogen-bond acceptors (Lipinski definition) is 5. The van der Waals surface area contributed by atoms with Crippen LogP contribution in [0.5, 0.6) is 11.6 Å². The smallest absolute Gasteiger partial charge is 0.299 e. The molecule has 1 heterocycles. The van der Waals surface area contributed by atoms with Crippen LogP contribution in [0.4, 0.5) is 0 Å². The molecular formula is C11H7NO4. The number of carbonyl (C=O) groups is 2. The maximum atomic E-state index is 10.3. The number of carbonyl (C=O) groups excluding carboxylic acids is 2. The molecule has 0 amide bonds. The van der Waals surface area contributed by atoms with Crippen molar-refractivity contribution in [3.05, 3.63) is 30.3 Å². The number of hydrogen-bond donors (Lipinski definition) is 0. The zero-order valence-corrected chi connectivity index (χ0v) is 8.12. The van der Waals surface area contributed by atoms with Crippen molar-refractivity contribution in [3.8, 4) is 11.6 Å². The summed E-state index contributed by atoms with van der Waals surface area (Å²) in [5.41, 5.74) is 0.582. The van der Waals surface area contributed by atoms with E-state index in [4.69, 9.17) is 4.74 Å². The second kappa shape index (κ2) is 4.39. The first-order valence-electron chi connectivity index (χ1n) is 4.45. The number of ether oxygens (including phenoxy) is 2. The molecule has 0 bridgehead atoms. The second-order valence-electron chi connectivity index (χ2n) is 2.90. The van der Waals surface area contributed by atoms with E-state index in [2.05, 4.69) is 9.72 Å². The normalized spacial score (nSPS) is 9.75. The molecule has 0 aliphatic carbocycles. The van der Waals surface area contributed by atoms with E-state index in [9.17, 15) is 9.59 Å². The Morgan fingerprint density at radius 3 is 2.56 bits per heavy atom.